The topological polar surface area (TPSA) is 39.5 Å². The fourth-order valence-corrected chi connectivity index (χ4v) is 0.238. The summed E-state index contributed by atoms with van der Waals surface area (Å²) in [6.45, 7) is 1.79. The van der Waals surface area contributed by atoms with Gasteiger partial charge in [0.25, 0.3) is 0 Å². The highest BCUT2D eigenvalue weighted by molar-refractivity contribution is 5.84. The van der Waals surface area contributed by atoms with Crippen LogP contribution in [0.5, 0.6) is 0 Å². The molecule has 0 fully saturated rings. The highest BCUT2D eigenvalue weighted by atomic mass is 15.2. The van der Waals surface area contributed by atoms with E-state index in [0.29, 0.717) is 0 Å². The van der Waals surface area contributed by atoms with Gasteiger partial charge >= 0.3 is 0 Å². The zero-order valence-corrected chi connectivity index (χ0v) is 5.47. The molecule has 0 aromatic carbocycles. The van der Waals surface area contributed by atoms with Crippen molar-refractivity contribution in [2.45, 2.75) is 6.92 Å². The van der Waals surface area contributed by atoms with Gasteiger partial charge in [0, 0.05) is 20.3 Å². The summed E-state index contributed by atoms with van der Waals surface area (Å²) in [4.78, 5) is 5.35. The molecule has 46 valence electrons. The van der Waals surface area contributed by atoms with Crippen molar-refractivity contribution in [3.8, 4) is 0 Å². The smallest absolute Gasteiger partial charge is 0.216 e. The fraction of sp³-hybridized carbons (Fsp3) is 0.600. The van der Waals surface area contributed by atoms with Crippen molar-refractivity contribution in [3.05, 3.63) is 0 Å². The summed E-state index contributed by atoms with van der Waals surface area (Å²) in [5.74, 6) is 0.285. The second-order valence-corrected chi connectivity index (χ2v) is 1.61. The van der Waals surface area contributed by atoms with Gasteiger partial charge in [0.1, 0.15) is 0 Å². The summed E-state index contributed by atoms with van der Waals surface area (Å²) in [5, 5.41) is 7.07. The van der Waals surface area contributed by atoms with Crippen LogP contribution in [-0.2, 0) is 0 Å². The van der Waals surface area contributed by atoms with E-state index in [4.69, 9.17) is 5.41 Å². The van der Waals surface area contributed by atoms with Crippen LogP contribution in [0, 0.1) is 5.41 Å². The monoisotopic (exact) mass is 113 g/mol. The molecule has 8 heavy (non-hydrogen) atoms. The third-order valence-electron chi connectivity index (χ3n) is 0.675. The Balaban J connectivity index is 3.66. The predicted molar refractivity (Wildman–Crippen MR) is 35.6 cm³/mol. The zero-order valence-electron chi connectivity index (χ0n) is 5.47. The van der Waals surface area contributed by atoms with E-state index in [9.17, 15) is 0 Å². The first-order chi connectivity index (χ1) is 3.68. The van der Waals surface area contributed by atoms with Gasteiger partial charge in [-0.05, 0) is 6.92 Å². The third kappa shape index (κ3) is 2.34. The molecule has 1 N–H and O–H groups in total. The Bertz CT molecular complexity index is 104. The van der Waals surface area contributed by atoms with Crippen LogP contribution in [0.2, 0.25) is 0 Å². The molecule has 3 nitrogen and oxygen atoms in total. The first-order valence-electron chi connectivity index (χ1n) is 2.43. The maximum atomic E-state index is 7.07. The second-order valence-electron chi connectivity index (χ2n) is 1.61. The largest absolute Gasteiger partial charge is 0.347 e. The molecule has 0 amide bonds. The molecular weight excluding hydrogens is 102 g/mol. The van der Waals surface area contributed by atoms with Gasteiger partial charge in [-0.2, -0.15) is 0 Å². The fourth-order valence-electron chi connectivity index (χ4n) is 0.238. The van der Waals surface area contributed by atoms with E-state index in [1.165, 1.54) is 0 Å². The van der Waals surface area contributed by atoms with E-state index in [1.807, 2.05) is 0 Å². The molecule has 0 spiro atoms. The average Bonchev–Trinajstić information content (AvgIpc) is 1.67. The van der Waals surface area contributed by atoms with E-state index >= 15 is 0 Å². The minimum Gasteiger partial charge on any atom is -0.347 e. The molecule has 0 saturated heterocycles. The normalized spacial score (nSPS) is 9.88. The molecule has 0 unspecified atom stereocenters. The quantitative estimate of drug-likeness (QED) is 0.362. The Kier molecular flexibility index (Phi) is 2.84. The molecule has 3 heteroatoms. The zero-order chi connectivity index (χ0) is 6.57. The third-order valence-corrected chi connectivity index (χ3v) is 0.675. The molecule has 0 aliphatic rings. The van der Waals surface area contributed by atoms with Crippen LogP contribution in [0.25, 0.3) is 0 Å². The standard InChI is InChI=1S/C5H11N3/c1-4-7-5(6)8(2)3/h4,6H,1-3H3. The minimum atomic E-state index is 0.285. The van der Waals surface area contributed by atoms with Crippen LogP contribution in [-0.4, -0.2) is 31.2 Å². The average molecular weight is 113 g/mol. The van der Waals surface area contributed by atoms with Crippen LogP contribution in [0.15, 0.2) is 4.99 Å². The second kappa shape index (κ2) is 3.18. The Hall–Kier alpha value is -0.860. The van der Waals surface area contributed by atoms with Gasteiger partial charge in [0.15, 0.2) is 0 Å². The van der Waals surface area contributed by atoms with Crippen LogP contribution >= 0.6 is 0 Å². The van der Waals surface area contributed by atoms with Gasteiger partial charge in [-0.25, -0.2) is 4.99 Å². The van der Waals surface area contributed by atoms with Crippen LogP contribution in [0.1, 0.15) is 6.92 Å². The van der Waals surface area contributed by atoms with Crippen molar-refractivity contribution in [1.29, 1.82) is 5.41 Å². The van der Waals surface area contributed by atoms with E-state index in [0.717, 1.165) is 0 Å². The molecule has 0 aliphatic carbocycles. The van der Waals surface area contributed by atoms with Crippen molar-refractivity contribution in [3.63, 3.8) is 0 Å². The van der Waals surface area contributed by atoms with Crippen molar-refractivity contribution in [2.75, 3.05) is 14.1 Å². The summed E-state index contributed by atoms with van der Waals surface area (Å²) in [5.41, 5.74) is 0. The highest BCUT2D eigenvalue weighted by Crippen LogP contribution is 1.77. The lowest BCUT2D eigenvalue weighted by Gasteiger charge is -2.06. The Morgan fingerprint density at radius 1 is 1.62 bits per heavy atom. The predicted octanol–water partition coefficient (Wildman–Crippen LogP) is 0.573. The summed E-state index contributed by atoms with van der Waals surface area (Å²) >= 11 is 0. The SMILES string of the molecule is CC=NC(=N)N(C)C. The number of nitrogens with one attached hydrogen (secondary N) is 1. The first-order valence-corrected chi connectivity index (χ1v) is 2.43. The van der Waals surface area contributed by atoms with E-state index in [2.05, 4.69) is 4.99 Å². The summed E-state index contributed by atoms with van der Waals surface area (Å²) < 4.78 is 0. The molecular formula is C5H11N3. The van der Waals surface area contributed by atoms with Crippen molar-refractivity contribution in [1.82, 2.24) is 4.90 Å². The Morgan fingerprint density at radius 2 is 2.12 bits per heavy atom. The highest BCUT2D eigenvalue weighted by Gasteiger charge is 1.89. The van der Waals surface area contributed by atoms with Gasteiger partial charge in [-0.15, -0.1) is 0 Å². The Labute approximate surface area is 49.5 Å². The maximum Gasteiger partial charge on any atom is 0.216 e. The van der Waals surface area contributed by atoms with E-state index < -0.39 is 0 Å². The number of nitrogens with zero attached hydrogens (tertiary/aromatic N) is 2. The van der Waals surface area contributed by atoms with Crippen molar-refractivity contribution in [2.24, 2.45) is 4.99 Å². The van der Waals surface area contributed by atoms with E-state index in [-0.39, 0.29) is 5.96 Å². The van der Waals surface area contributed by atoms with Crippen LogP contribution in [0.3, 0.4) is 0 Å². The molecule has 0 bridgehead atoms. The van der Waals surface area contributed by atoms with Crippen LogP contribution in [0.4, 0.5) is 0 Å². The van der Waals surface area contributed by atoms with Crippen molar-refractivity contribution < 1.29 is 0 Å². The minimum absolute atomic E-state index is 0.285. The van der Waals surface area contributed by atoms with Gasteiger partial charge in [0.05, 0.1) is 0 Å². The van der Waals surface area contributed by atoms with Gasteiger partial charge < -0.3 is 4.90 Å². The molecule has 0 aromatic rings. The maximum absolute atomic E-state index is 7.07. The lowest BCUT2D eigenvalue weighted by Crippen LogP contribution is -2.18. The molecule has 0 aromatic heterocycles. The van der Waals surface area contributed by atoms with Crippen LogP contribution < -0.4 is 0 Å². The van der Waals surface area contributed by atoms with Gasteiger partial charge in [-0.1, -0.05) is 0 Å². The molecule has 0 saturated carbocycles. The number of aliphatic imine (C=N–C) groups is 1. The molecule has 0 radical (unpaired) electrons. The lowest BCUT2D eigenvalue weighted by atomic mass is 10.8. The summed E-state index contributed by atoms with van der Waals surface area (Å²) in [6.07, 6.45) is 1.60. The first kappa shape index (κ1) is 7.14. The molecule has 0 atom stereocenters. The number of hydrogen-bond donors (Lipinski definition) is 1. The summed E-state index contributed by atoms with van der Waals surface area (Å²) in [7, 11) is 3.57. The van der Waals surface area contributed by atoms with E-state index in [1.54, 1.807) is 32.1 Å². The number of rotatable bonds is 0. The molecule has 0 aliphatic heterocycles. The Morgan fingerprint density at radius 3 is 2.25 bits per heavy atom. The number of guanidine groups is 1. The summed E-state index contributed by atoms with van der Waals surface area (Å²) in [6, 6.07) is 0. The molecule has 0 heterocycles. The van der Waals surface area contributed by atoms with Gasteiger partial charge in [0.2, 0.25) is 5.96 Å². The lowest BCUT2D eigenvalue weighted by molar-refractivity contribution is 0.610. The van der Waals surface area contributed by atoms with Gasteiger partial charge in [-0.3, -0.25) is 5.41 Å². The van der Waals surface area contributed by atoms with Crippen molar-refractivity contribution >= 4 is 12.2 Å². The molecule has 0 rings (SSSR count). The number of hydrogen-bond acceptors (Lipinski definition) is 1.